The van der Waals surface area contributed by atoms with Gasteiger partial charge in [-0.1, -0.05) is 49.5 Å². The summed E-state index contributed by atoms with van der Waals surface area (Å²) < 4.78 is 0.654. The van der Waals surface area contributed by atoms with Crippen LogP contribution in [0.15, 0.2) is 29.2 Å². The highest BCUT2D eigenvalue weighted by molar-refractivity contribution is 8.26. The van der Waals surface area contributed by atoms with Crippen molar-refractivity contribution >= 4 is 57.0 Å². The standard InChI is InChI=1S/C23H27N3OS2/c1-4-9-26-22(27)20(29-23(26)28)14-18-13-17-12-16(3)5-6-19(17)24-21(18)25-10-7-15(2)8-11-25/h5-6,12-15H,4,7-11H2,1-3H3/b20-14-. The predicted octanol–water partition coefficient (Wildman–Crippen LogP) is 5.39. The Balaban J connectivity index is 1.78. The predicted molar refractivity (Wildman–Crippen MR) is 127 cm³/mol. The highest BCUT2D eigenvalue weighted by Crippen LogP contribution is 2.36. The molecular weight excluding hydrogens is 398 g/mol. The molecule has 3 heterocycles. The third kappa shape index (κ3) is 4.19. The maximum Gasteiger partial charge on any atom is 0.266 e. The summed E-state index contributed by atoms with van der Waals surface area (Å²) in [6, 6.07) is 8.53. The number of carbonyl (C=O) groups is 1. The number of rotatable bonds is 4. The van der Waals surface area contributed by atoms with Crippen LogP contribution >= 0.6 is 24.0 Å². The van der Waals surface area contributed by atoms with E-state index < -0.39 is 0 Å². The number of benzene rings is 1. The number of thiocarbonyl (C=S) groups is 1. The first kappa shape index (κ1) is 20.4. The van der Waals surface area contributed by atoms with Crippen molar-refractivity contribution in [3.8, 4) is 0 Å². The number of aromatic nitrogens is 1. The summed E-state index contributed by atoms with van der Waals surface area (Å²) in [5, 5.41) is 1.11. The first-order valence-electron chi connectivity index (χ1n) is 10.4. The molecule has 2 saturated heterocycles. The number of thioether (sulfide) groups is 1. The number of piperidine rings is 1. The summed E-state index contributed by atoms with van der Waals surface area (Å²) in [5.41, 5.74) is 3.22. The number of anilines is 1. The van der Waals surface area contributed by atoms with Gasteiger partial charge < -0.3 is 4.90 Å². The molecule has 0 spiro atoms. The Hall–Kier alpha value is -1.92. The molecule has 0 radical (unpaired) electrons. The first-order chi connectivity index (χ1) is 14.0. The molecule has 0 atom stereocenters. The van der Waals surface area contributed by atoms with Gasteiger partial charge in [0.15, 0.2) is 0 Å². The Kier molecular flexibility index (Phi) is 5.93. The van der Waals surface area contributed by atoms with E-state index in [0.717, 1.165) is 47.7 Å². The van der Waals surface area contributed by atoms with E-state index in [0.29, 0.717) is 15.8 Å². The van der Waals surface area contributed by atoms with Crippen molar-refractivity contribution in [2.24, 2.45) is 5.92 Å². The van der Waals surface area contributed by atoms with Gasteiger partial charge in [-0.3, -0.25) is 9.69 Å². The molecule has 0 bridgehead atoms. The van der Waals surface area contributed by atoms with Crippen LogP contribution in [-0.4, -0.2) is 39.7 Å². The van der Waals surface area contributed by atoms with Gasteiger partial charge in [-0.2, -0.15) is 0 Å². The number of hydrogen-bond donors (Lipinski definition) is 0. The lowest BCUT2D eigenvalue weighted by atomic mass is 9.98. The molecule has 0 N–H and O–H groups in total. The molecule has 1 aromatic carbocycles. The fraction of sp³-hybridized carbons (Fsp3) is 0.435. The molecule has 6 heteroatoms. The average molecular weight is 426 g/mol. The van der Waals surface area contributed by atoms with Gasteiger partial charge in [-0.05, 0) is 56.4 Å². The van der Waals surface area contributed by atoms with Crippen LogP contribution in [0.5, 0.6) is 0 Å². The van der Waals surface area contributed by atoms with Crippen molar-refractivity contribution in [2.75, 3.05) is 24.5 Å². The number of amides is 1. The van der Waals surface area contributed by atoms with E-state index in [4.69, 9.17) is 17.2 Å². The Labute approximate surface area is 182 Å². The largest absolute Gasteiger partial charge is 0.356 e. The number of aryl methyl sites for hydroxylation is 1. The van der Waals surface area contributed by atoms with E-state index in [-0.39, 0.29) is 5.91 Å². The third-order valence-electron chi connectivity index (χ3n) is 5.67. The van der Waals surface area contributed by atoms with Crippen LogP contribution in [-0.2, 0) is 4.79 Å². The van der Waals surface area contributed by atoms with Crippen molar-refractivity contribution in [1.29, 1.82) is 0 Å². The average Bonchev–Trinajstić information content (AvgIpc) is 2.96. The highest BCUT2D eigenvalue weighted by Gasteiger charge is 2.31. The summed E-state index contributed by atoms with van der Waals surface area (Å²) in [6.07, 6.45) is 5.24. The second kappa shape index (κ2) is 8.44. The number of hydrogen-bond acceptors (Lipinski definition) is 5. The topological polar surface area (TPSA) is 36.4 Å². The van der Waals surface area contributed by atoms with Crippen LogP contribution in [0.4, 0.5) is 5.82 Å². The lowest BCUT2D eigenvalue weighted by Gasteiger charge is -2.32. The Bertz CT molecular complexity index is 993. The van der Waals surface area contributed by atoms with E-state index in [1.165, 1.54) is 30.2 Å². The molecule has 2 aliphatic rings. The minimum atomic E-state index is 0.0180. The molecule has 0 aliphatic carbocycles. The Morgan fingerprint density at radius 1 is 1.28 bits per heavy atom. The molecule has 29 heavy (non-hydrogen) atoms. The number of nitrogens with zero attached hydrogens (tertiary/aromatic N) is 3. The molecule has 2 aromatic rings. The molecule has 0 unspecified atom stereocenters. The van der Waals surface area contributed by atoms with Crippen molar-refractivity contribution in [2.45, 2.75) is 40.0 Å². The summed E-state index contributed by atoms with van der Waals surface area (Å²) >= 11 is 6.85. The number of fused-ring (bicyclic) bond motifs is 1. The maximum absolute atomic E-state index is 12.9. The molecule has 152 valence electrons. The van der Waals surface area contributed by atoms with Crippen LogP contribution in [0, 0.1) is 12.8 Å². The zero-order chi connectivity index (χ0) is 20.5. The minimum absolute atomic E-state index is 0.0180. The van der Waals surface area contributed by atoms with E-state index in [2.05, 4.69) is 49.9 Å². The molecule has 2 aliphatic heterocycles. The number of pyridine rings is 1. The lowest BCUT2D eigenvalue weighted by Crippen LogP contribution is -2.34. The molecule has 0 saturated carbocycles. The first-order valence-corrected chi connectivity index (χ1v) is 11.6. The van der Waals surface area contributed by atoms with Gasteiger partial charge in [-0.25, -0.2) is 4.98 Å². The molecular formula is C23H27N3OS2. The quantitative estimate of drug-likeness (QED) is 0.485. The SMILES string of the molecule is CCCN1C(=O)/C(=C/c2cc3cc(C)ccc3nc2N2CCC(C)CC2)SC1=S. The van der Waals surface area contributed by atoms with Crippen molar-refractivity contribution in [3.05, 3.63) is 40.3 Å². The summed E-state index contributed by atoms with van der Waals surface area (Å²) in [4.78, 5) is 22.7. The maximum atomic E-state index is 12.9. The molecule has 4 nitrogen and oxygen atoms in total. The summed E-state index contributed by atoms with van der Waals surface area (Å²) in [5.74, 6) is 1.75. The second-order valence-electron chi connectivity index (χ2n) is 8.10. The van der Waals surface area contributed by atoms with Gasteiger partial charge >= 0.3 is 0 Å². The highest BCUT2D eigenvalue weighted by atomic mass is 32.2. The van der Waals surface area contributed by atoms with Gasteiger partial charge in [0.25, 0.3) is 5.91 Å². The van der Waals surface area contributed by atoms with Gasteiger partial charge in [-0.15, -0.1) is 0 Å². The summed E-state index contributed by atoms with van der Waals surface area (Å²) in [6.45, 7) is 9.15. The van der Waals surface area contributed by atoms with E-state index in [1.807, 2.05) is 6.08 Å². The minimum Gasteiger partial charge on any atom is -0.356 e. The Morgan fingerprint density at radius 2 is 2.03 bits per heavy atom. The van der Waals surface area contributed by atoms with Crippen molar-refractivity contribution < 1.29 is 4.79 Å². The van der Waals surface area contributed by atoms with E-state index in [9.17, 15) is 4.79 Å². The fourth-order valence-electron chi connectivity index (χ4n) is 3.94. The van der Waals surface area contributed by atoms with E-state index >= 15 is 0 Å². The molecule has 2 fully saturated rings. The van der Waals surface area contributed by atoms with Crippen LogP contribution in [0.2, 0.25) is 0 Å². The second-order valence-corrected chi connectivity index (χ2v) is 9.78. The fourth-order valence-corrected chi connectivity index (χ4v) is 5.24. The van der Waals surface area contributed by atoms with E-state index in [1.54, 1.807) is 4.90 Å². The van der Waals surface area contributed by atoms with Crippen molar-refractivity contribution in [3.63, 3.8) is 0 Å². The summed E-state index contributed by atoms with van der Waals surface area (Å²) in [7, 11) is 0. The van der Waals surface area contributed by atoms with Gasteiger partial charge in [0.1, 0.15) is 10.1 Å². The van der Waals surface area contributed by atoms with Gasteiger partial charge in [0.2, 0.25) is 0 Å². The molecule has 1 aromatic heterocycles. The normalized spacial score (nSPS) is 19.8. The van der Waals surface area contributed by atoms with Crippen LogP contribution < -0.4 is 4.90 Å². The van der Waals surface area contributed by atoms with Crippen LogP contribution in [0.3, 0.4) is 0 Å². The lowest BCUT2D eigenvalue weighted by molar-refractivity contribution is -0.122. The van der Waals surface area contributed by atoms with Gasteiger partial charge in [0, 0.05) is 30.6 Å². The van der Waals surface area contributed by atoms with Gasteiger partial charge in [0.05, 0.1) is 10.4 Å². The zero-order valence-electron chi connectivity index (χ0n) is 17.3. The van der Waals surface area contributed by atoms with Crippen LogP contribution in [0.1, 0.15) is 44.2 Å². The van der Waals surface area contributed by atoms with Crippen molar-refractivity contribution in [1.82, 2.24) is 9.88 Å². The van der Waals surface area contributed by atoms with Crippen LogP contribution in [0.25, 0.3) is 17.0 Å². The Morgan fingerprint density at radius 3 is 2.76 bits per heavy atom. The molecule has 4 rings (SSSR count). The zero-order valence-corrected chi connectivity index (χ0v) is 18.9. The monoisotopic (exact) mass is 425 g/mol. The molecule has 1 amide bonds. The third-order valence-corrected chi connectivity index (χ3v) is 7.05. The smallest absolute Gasteiger partial charge is 0.266 e. The number of carbonyl (C=O) groups excluding carboxylic acids is 1.